The van der Waals surface area contributed by atoms with Crippen LogP contribution in [-0.2, 0) is 11.2 Å². The normalized spacial score (nSPS) is 14.9. The molecule has 8 heteroatoms. The fourth-order valence-corrected chi connectivity index (χ4v) is 4.64. The Kier molecular flexibility index (Phi) is 8.38. The van der Waals surface area contributed by atoms with Gasteiger partial charge in [0.25, 0.3) is 0 Å². The SMILES string of the molecule is COCC(C)(C)C1Cc2cc(OCCCCCCO)c(OC)cc2-c2cc(=O)c(C(=O)O)cn21. The summed E-state index contributed by atoms with van der Waals surface area (Å²) in [6.07, 6.45) is 5.68. The third kappa shape index (κ3) is 5.45. The van der Waals surface area contributed by atoms with E-state index in [9.17, 15) is 14.7 Å². The number of pyridine rings is 1. The second-order valence-corrected chi connectivity index (χ2v) is 9.44. The van der Waals surface area contributed by atoms with Crippen LogP contribution in [0.4, 0.5) is 0 Å². The summed E-state index contributed by atoms with van der Waals surface area (Å²) >= 11 is 0. The number of aromatic nitrogens is 1. The third-order valence-corrected chi connectivity index (χ3v) is 6.45. The van der Waals surface area contributed by atoms with Crippen molar-refractivity contribution in [2.45, 2.75) is 52.0 Å². The van der Waals surface area contributed by atoms with Gasteiger partial charge in [-0.25, -0.2) is 4.79 Å². The Bertz CT molecular complexity index is 1070. The van der Waals surface area contributed by atoms with Crippen molar-refractivity contribution < 1.29 is 29.2 Å². The Morgan fingerprint density at radius 1 is 1.12 bits per heavy atom. The first-order chi connectivity index (χ1) is 16.2. The first-order valence-electron chi connectivity index (χ1n) is 11.7. The zero-order chi connectivity index (χ0) is 24.9. The molecule has 2 heterocycles. The molecule has 1 aromatic heterocycles. The Morgan fingerprint density at radius 3 is 2.50 bits per heavy atom. The molecule has 1 aromatic carbocycles. The molecule has 0 saturated heterocycles. The molecular formula is C26H35NO7. The maximum Gasteiger partial charge on any atom is 0.341 e. The van der Waals surface area contributed by atoms with Gasteiger partial charge >= 0.3 is 5.97 Å². The number of carboxylic acid groups (broad SMARTS) is 1. The van der Waals surface area contributed by atoms with Crippen molar-refractivity contribution >= 4 is 5.97 Å². The summed E-state index contributed by atoms with van der Waals surface area (Å²) in [7, 11) is 3.22. The number of aromatic carboxylic acids is 1. The summed E-state index contributed by atoms with van der Waals surface area (Å²) < 4.78 is 19.0. The predicted molar refractivity (Wildman–Crippen MR) is 129 cm³/mol. The van der Waals surface area contributed by atoms with Gasteiger partial charge < -0.3 is 29.0 Å². The van der Waals surface area contributed by atoms with Crippen LogP contribution in [0.15, 0.2) is 29.2 Å². The number of carbonyl (C=O) groups is 1. The van der Waals surface area contributed by atoms with Crippen LogP contribution in [0, 0.1) is 5.41 Å². The van der Waals surface area contributed by atoms with E-state index in [2.05, 4.69) is 13.8 Å². The van der Waals surface area contributed by atoms with Gasteiger partial charge in [-0.05, 0) is 43.4 Å². The van der Waals surface area contributed by atoms with Crippen LogP contribution in [0.2, 0.25) is 0 Å². The predicted octanol–water partition coefficient (Wildman–Crippen LogP) is 3.92. The highest BCUT2D eigenvalue weighted by molar-refractivity contribution is 5.88. The lowest BCUT2D eigenvalue weighted by molar-refractivity contribution is 0.0615. The molecule has 1 atom stereocenters. The number of aliphatic hydroxyl groups excluding tert-OH is 1. The largest absolute Gasteiger partial charge is 0.493 e. The molecule has 0 amide bonds. The minimum Gasteiger partial charge on any atom is -0.493 e. The van der Waals surface area contributed by atoms with Gasteiger partial charge in [0.2, 0.25) is 0 Å². The van der Waals surface area contributed by atoms with E-state index in [0.717, 1.165) is 36.8 Å². The van der Waals surface area contributed by atoms with Gasteiger partial charge in [0.1, 0.15) is 5.56 Å². The van der Waals surface area contributed by atoms with Crippen LogP contribution in [0.5, 0.6) is 11.5 Å². The topological polar surface area (TPSA) is 107 Å². The van der Waals surface area contributed by atoms with E-state index < -0.39 is 11.4 Å². The number of aliphatic hydroxyl groups is 1. The molecule has 0 aliphatic carbocycles. The van der Waals surface area contributed by atoms with Gasteiger partial charge in [-0.1, -0.05) is 20.3 Å². The summed E-state index contributed by atoms with van der Waals surface area (Å²) in [5.74, 6) is -0.0376. The number of ether oxygens (including phenoxy) is 3. The van der Waals surface area contributed by atoms with E-state index >= 15 is 0 Å². The number of rotatable bonds is 12. The number of hydrogen-bond acceptors (Lipinski definition) is 6. The Labute approximate surface area is 200 Å². The minimum atomic E-state index is -1.24. The summed E-state index contributed by atoms with van der Waals surface area (Å²) in [5.41, 5.74) is 1.37. The molecule has 0 spiro atoms. The Morgan fingerprint density at radius 2 is 1.85 bits per heavy atom. The number of benzene rings is 1. The van der Waals surface area contributed by atoms with Gasteiger partial charge in [0.15, 0.2) is 16.9 Å². The summed E-state index contributed by atoms with van der Waals surface area (Å²) in [5, 5.41) is 18.5. The molecule has 34 heavy (non-hydrogen) atoms. The number of fused-ring (bicyclic) bond motifs is 3. The zero-order valence-corrected chi connectivity index (χ0v) is 20.4. The first kappa shape index (κ1) is 25.8. The highest BCUT2D eigenvalue weighted by Crippen LogP contribution is 2.46. The maximum absolute atomic E-state index is 12.6. The third-order valence-electron chi connectivity index (χ3n) is 6.45. The van der Waals surface area contributed by atoms with Gasteiger partial charge in [-0.2, -0.15) is 0 Å². The van der Waals surface area contributed by atoms with Crippen LogP contribution in [0.25, 0.3) is 11.3 Å². The second-order valence-electron chi connectivity index (χ2n) is 9.44. The summed E-state index contributed by atoms with van der Waals surface area (Å²) in [6.45, 7) is 5.35. The molecule has 0 radical (unpaired) electrons. The molecule has 1 aliphatic heterocycles. The average molecular weight is 474 g/mol. The van der Waals surface area contributed by atoms with Gasteiger partial charge in [-0.3, -0.25) is 4.79 Å². The Hall–Kier alpha value is -2.84. The molecule has 0 bridgehead atoms. The lowest BCUT2D eigenvalue weighted by Gasteiger charge is -2.40. The van der Waals surface area contributed by atoms with Crippen molar-refractivity contribution in [3.63, 3.8) is 0 Å². The van der Waals surface area contributed by atoms with Gasteiger partial charge in [-0.15, -0.1) is 0 Å². The summed E-state index contributed by atoms with van der Waals surface area (Å²) in [6, 6.07) is 5.10. The monoisotopic (exact) mass is 473 g/mol. The number of methoxy groups -OCH3 is 2. The zero-order valence-electron chi connectivity index (χ0n) is 20.4. The van der Waals surface area contributed by atoms with Crippen molar-refractivity contribution in [1.82, 2.24) is 4.57 Å². The summed E-state index contributed by atoms with van der Waals surface area (Å²) in [4.78, 5) is 24.3. The molecule has 0 fully saturated rings. The van der Waals surface area contributed by atoms with E-state index in [1.165, 1.54) is 12.3 Å². The van der Waals surface area contributed by atoms with Crippen LogP contribution in [0.3, 0.4) is 0 Å². The van der Waals surface area contributed by atoms with Crippen LogP contribution in [-0.4, -0.2) is 54.8 Å². The molecule has 1 unspecified atom stereocenters. The number of unbranched alkanes of at least 4 members (excludes halogenated alkanes) is 3. The molecule has 1 aliphatic rings. The van der Waals surface area contributed by atoms with Crippen molar-refractivity contribution in [3.05, 3.63) is 45.7 Å². The van der Waals surface area contributed by atoms with E-state index in [0.29, 0.717) is 36.8 Å². The second kappa shape index (κ2) is 11.1. The molecule has 2 N–H and O–H groups in total. The van der Waals surface area contributed by atoms with E-state index in [1.807, 2.05) is 16.7 Å². The van der Waals surface area contributed by atoms with Crippen molar-refractivity contribution in [1.29, 1.82) is 0 Å². The first-order valence-corrected chi connectivity index (χ1v) is 11.7. The van der Waals surface area contributed by atoms with Crippen molar-refractivity contribution in [3.8, 4) is 22.8 Å². The smallest absolute Gasteiger partial charge is 0.341 e. The number of hydrogen-bond donors (Lipinski definition) is 2. The molecule has 0 saturated carbocycles. The van der Waals surface area contributed by atoms with Crippen LogP contribution in [0.1, 0.15) is 61.5 Å². The fraction of sp³-hybridized carbons (Fsp3) is 0.538. The highest BCUT2D eigenvalue weighted by Gasteiger charge is 2.37. The van der Waals surface area contributed by atoms with Gasteiger partial charge in [0.05, 0.1) is 26.0 Å². The molecule has 2 aromatic rings. The van der Waals surface area contributed by atoms with E-state index in [4.69, 9.17) is 19.3 Å². The maximum atomic E-state index is 12.6. The molecule has 186 valence electrons. The van der Waals surface area contributed by atoms with E-state index in [1.54, 1.807) is 14.2 Å². The van der Waals surface area contributed by atoms with Crippen LogP contribution >= 0.6 is 0 Å². The van der Waals surface area contributed by atoms with Crippen LogP contribution < -0.4 is 14.9 Å². The minimum absolute atomic E-state index is 0.131. The number of carboxylic acids is 1. The quantitative estimate of drug-likeness (QED) is 0.450. The molecule has 8 nitrogen and oxygen atoms in total. The average Bonchev–Trinajstić information content (AvgIpc) is 2.79. The lowest BCUT2D eigenvalue weighted by atomic mass is 9.77. The fourth-order valence-electron chi connectivity index (χ4n) is 4.64. The highest BCUT2D eigenvalue weighted by atomic mass is 16.5. The van der Waals surface area contributed by atoms with E-state index in [-0.39, 0.29) is 23.6 Å². The van der Waals surface area contributed by atoms with Gasteiger partial charge in [0, 0.05) is 43.0 Å². The Balaban J connectivity index is 2.03. The van der Waals surface area contributed by atoms with Crippen molar-refractivity contribution in [2.75, 3.05) is 34.0 Å². The van der Waals surface area contributed by atoms with Crippen molar-refractivity contribution in [2.24, 2.45) is 5.41 Å². The lowest BCUT2D eigenvalue weighted by Crippen LogP contribution is -2.37. The number of nitrogens with zero attached hydrogens (tertiary/aromatic N) is 1. The standard InChI is InChI=1S/C26H35NO7/c1-26(2,16-32-3)24-12-17-11-23(34-10-8-6-5-7-9-28)22(33-4)13-18(17)20-14-21(29)19(25(30)31)15-27(20)24/h11,13-15,24,28H,5-10,12,16H2,1-4H3,(H,30,31). The molecular weight excluding hydrogens is 438 g/mol. The molecule has 3 rings (SSSR count).